The van der Waals surface area contributed by atoms with Crippen LogP contribution in [-0.2, 0) is 4.79 Å². The zero-order valence-electron chi connectivity index (χ0n) is 10.4. The standard InChI is InChI=1S/C12H13F3N2O2.ClH/c13-8-6-7(3-4-10(8)19-12(14)15)17-11(18)9-2-1-5-16-9;/h3-4,6,9,12,16H,1-2,5H2,(H,17,18);1H/t9-;/m0./s1. The average Bonchev–Trinajstić information content (AvgIpc) is 2.86. The van der Waals surface area contributed by atoms with Crippen LogP contribution in [0.25, 0.3) is 0 Å². The molecule has 1 heterocycles. The molecule has 0 bridgehead atoms. The van der Waals surface area contributed by atoms with Crippen molar-refractivity contribution in [1.82, 2.24) is 5.32 Å². The maximum absolute atomic E-state index is 13.4. The Hall–Kier alpha value is -1.47. The number of carbonyl (C=O) groups excluding carboxylic acids is 1. The van der Waals surface area contributed by atoms with Gasteiger partial charge >= 0.3 is 6.61 Å². The quantitative estimate of drug-likeness (QED) is 0.898. The van der Waals surface area contributed by atoms with Crippen LogP contribution < -0.4 is 15.4 Å². The maximum atomic E-state index is 13.4. The van der Waals surface area contributed by atoms with E-state index in [0.29, 0.717) is 0 Å². The van der Waals surface area contributed by atoms with E-state index < -0.39 is 18.2 Å². The SMILES string of the molecule is Cl.O=C(Nc1ccc(OC(F)F)c(F)c1)[C@@H]1CCCN1. The molecule has 20 heavy (non-hydrogen) atoms. The Morgan fingerprint density at radius 1 is 1.45 bits per heavy atom. The summed E-state index contributed by atoms with van der Waals surface area (Å²) in [7, 11) is 0. The third kappa shape index (κ3) is 4.28. The molecule has 1 fully saturated rings. The topological polar surface area (TPSA) is 50.4 Å². The van der Waals surface area contributed by atoms with Crippen molar-refractivity contribution in [3.05, 3.63) is 24.0 Å². The van der Waals surface area contributed by atoms with E-state index in [0.717, 1.165) is 31.5 Å². The van der Waals surface area contributed by atoms with Crippen molar-refractivity contribution in [2.24, 2.45) is 0 Å². The Morgan fingerprint density at radius 2 is 2.20 bits per heavy atom. The molecule has 2 rings (SSSR count). The van der Waals surface area contributed by atoms with Crippen LogP contribution in [0.4, 0.5) is 18.9 Å². The summed E-state index contributed by atoms with van der Waals surface area (Å²) in [6, 6.07) is 3.03. The molecule has 0 aliphatic carbocycles. The lowest BCUT2D eigenvalue weighted by molar-refractivity contribution is -0.117. The fourth-order valence-corrected chi connectivity index (χ4v) is 1.91. The summed E-state index contributed by atoms with van der Waals surface area (Å²) in [5.41, 5.74) is 0.206. The maximum Gasteiger partial charge on any atom is 0.387 e. The van der Waals surface area contributed by atoms with Crippen LogP contribution in [0.15, 0.2) is 18.2 Å². The van der Waals surface area contributed by atoms with E-state index in [9.17, 15) is 18.0 Å². The van der Waals surface area contributed by atoms with E-state index in [4.69, 9.17) is 0 Å². The third-order valence-electron chi connectivity index (χ3n) is 2.79. The van der Waals surface area contributed by atoms with Crippen molar-refractivity contribution in [3.8, 4) is 5.75 Å². The average molecular weight is 311 g/mol. The van der Waals surface area contributed by atoms with Gasteiger partial charge in [0.15, 0.2) is 11.6 Å². The molecule has 0 saturated carbocycles. The van der Waals surface area contributed by atoms with Crippen molar-refractivity contribution >= 4 is 24.0 Å². The largest absolute Gasteiger partial charge is 0.432 e. The van der Waals surface area contributed by atoms with Gasteiger partial charge in [-0.05, 0) is 31.5 Å². The van der Waals surface area contributed by atoms with Crippen molar-refractivity contribution in [3.63, 3.8) is 0 Å². The molecule has 1 aliphatic heterocycles. The van der Waals surface area contributed by atoms with Gasteiger partial charge < -0.3 is 15.4 Å². The molecule has 112 valence electrons. The fraction of sp³-hybridized carbons (Fsp3) is 0.417. The second-order valence-corrected chi connectivity index (χ2v) is 4.16. The number of halogens is 4. The second kappa shape index (κ2) is 7.35. The second-order valence-electron chi connectivity index (χ2n) is 4.16. The van der Waals surface area contributed by atoms with E-state index in [2.05, 4.69) is 15.4 Å². The summed E-state index contributed by atoms with van der Waals surface area (Å²) in [4.78, 5) is 11.7. The molecule has 0 unspecified atom stereocenters. The number of benzene rings is 1. The number of nitrogens with one attached hydrogen (secondary N) is 2. The molecule has 1 aliphatic rings. The van der Waals surface area contributed by atoms with Crippen LogP contribution in [0, 0.1) is 5.82 Å². The molecule has 0 radical (unpaired) electrons. The van der Waals surface area contributed by atoms with Gasteiger partial charge in [0.2, 0.25) is 5.91 Å². The van der Waals surface area contributed by atoms with Crippen LogP contribution in [0.1, 0.15) is 12.8 Å². The first-order valence-electron chi connectivity index (χ1n) is 5.85. The monoisotopic (exact) mass is 310 g/mol. The highest BCUT2D eigenvalue weighted by Crippen LogP contribution is 2.23. The number of rotatable bonds is 4. The number of hydrogen-bond acceptors (Lipinski definition) is 3. The van der Waals surface area contributed by atoms with Gasteiger partial charge in [0.05, 0.1) is 6.04 Å². The minimum absolute atomic E-state index is 0. The molecule has 1 atom stereocenters. The minimum atomic E-state index is -3.09. The van der Waals surface area contributed by atoms with Crippen molar-refractivity contribution in [2.45, 2.75) is 25.5 Å². The van der Waals surface area contributed by atoms with Crippen molar-refractivity contribution in [2.75, 3.05) is 11.9 Å². The third-order valence-corrected chi connectivity index (χ3v) is 2.79. The number of carbonyl (C=O) groups is 1. The molecular formula is C12H14ClF3N2O2. The van der Waals surface area contributed by atoms with Gasteiger partial charge in [0.1, 0.15) is 0 Å². The predicted molar refractivity (Wildman–Crippen MR) is 69.9 cm³/mol. The van der Waals surface area contributed by atoms with Gasteiger partial charge in [-0.3, -0.25) is 4.79 Å². The van der Waals surface area contributed by atoms with Crippen LogP contribution >= 0.6 is 12.4 Å². The predicted octanol–water partition coefficient (Wildman–Crippen LogP) is 2.54. The molecule has 0 spiro atoms. The molecule has 1 aromatic carbocycles. The number of alkyl halides is 2. The summed E-state index contributed by atoms with van der Waals surface area (Å²) >= 11 is 0. The Balaban J connectivity index is 0.00000200. The van der Waals surface area contributed by atoms with Crippen LogP contribution in [0.5, 0.6) is 5.75 Å². The first-order valence-corrected chi connectivity index (χ1v) is 5.85. The van der Waals surface area contributed by atoms with Gasteiger partial charge in [-0.1, -0.05) is 0 Å². The zero-order valence-corrected chi connectivity index (χ0v) is 11.2. The van der Waals surface area contributed by atoms with Crippen molar-refractivity contribution in [1.29, 1.82) is 0 Å². The van der Waals surface area contributed by atoms with Crippen LogP contribution in [0.2, 0.25) is 0 Å². The summed E-state index contributed by atoms with van der Waals surface area (Å²) in [5.74, 6) is -1.76. The van der Waals surface area contributed by atoms with Crippen LogP contribution in [0.3, 0.4) is 0 Å². The van der Waals surface area contributed by atoms with Gasteiger partial charge in [0.25, 0.3) is 0 Å². The molecular weight excluding hydrogens is 297 g/mol. The summed E-state index contributed by atoms with van der Waals surface area (Å²) in [5, 5.41) is 5.52. The fourth-order valence-electron chi connectivity index (χ4n) is 1.91. The highest BCUT2D eigenvalue weighted by molar-refractivity contribution is 5.95. The Bertz CT molecular complexity index is 468. The van der Waals surface area contributed by atoms with Crippen molar-refractivity contribution < 1.29 is 22.7 Å². The van der Waals surface area contributed by atoms with Crippen LogP contribution in [-0.4, -0.2) is 25.1 Å². The first-order chi connectivity index (χ1) is 9.06. The molecule has 8 heteroatoms. The van der Waals surface area contributed by atoms with Gasteiger partial charge in [-0.15, -0.1) is 12.4 Å². The highest BCUT2D eigenvalue weighted by Gasteiger charge is 2.22. The lowest BCUT2D eigenvalue weighted by Crippen LogP contribution is -2.35. The van der Waals surface area contributed by atoms with E-state index in [1.54, 1.807) is 0 Å². The lowest BCUT2D eigenvalue weighted by atomic mass is 10.2. The number of anilines is 1. The Kier molecular flexibility index (Phi) is 6.09. The summed E-state index contributed by atoms with van der Waals surface area (Å²) in [6.07, 6.45) is 1.63. The number of ether oxygens (including phenoxy) is 1. The normalized spacial score (nSPS) is 17.7. The van der Waals surface area contributed by atoms with Gasteiger partial charge in [0, 0.05) is 11.8 Å². The van der Waals surface area contributed by atoms with E-state index >= 15 is 0 Å². The molecule has 1 aromatic rings. The Labute approximate surface area is 120 Å². The van der Waals surface area contributed by atoms with Gasteiger partial charge in [-0.2, -0.15) is 8.78 Å². The molecule has 1 amide bonds. The summed E-state index contributed by atoms with van der Waals surface area (Å²) in [6.45, 7) is -2.31. The van der Waals surface area contributed by atoms with E-state index in [1.165, 1.54) is 6.07 Å². The minimum Gasteiger partial charge on any atom is -0.432 e. The number of amides is 1. The van der Waals surface area contributed by atoms with E-state index in [1.807, 2.05) is 0 Å². The number of hydrogen-bond donors (Lipinski definition) is 2. The molecule has 0 aromatic heterocycles. The van der Waals surface area contributed by atoms with E-state index in [-0.39, 0.29) is 30.0 Å². The molecule has 1 saturated heterocycles. The lowest BCUT2D eigenvalue weighted by Gasteiger charge is -2.12. The highest BCUT2D eigenvalue weighted by atomic mass is 35.5. The first kappa shape index (κ1) is 16.6. The smallest absolute Gasteiger partial charge is 0.387 e. The summed E-state index contributed by atoms with van der Waals surface area (Å²) < 4.78 is 41.3. The molecule has 2 N–H and O–H groups in total. The Morgan fingerprint density at radius 3 is 2.75 bits per heavy atom. The zero-order chi connectivity index (χ0) is 13.8. The van der Waals surface area contributed by atoms with Gasteiger partial charge in [-0.25, -0.2) is 4.39 Å². The molecule has 4 nitrogen and oxygen atoms in total.